The second-order valence-corrected chi connectivity index (χ2v) is 6.50. The van der Waals surface area contributed by atoms with Gasteiger partial charge >= 0.3 is 0 Å². The lowest BCUT2D eigenvalue weighted by molar-refractivity contribution is -0.384. The summed E-state index contributed by atoms with van der Waals surface area (Å²) in [6.45, 7) is 2.20. The van der Waals surface area contributed by atoms with E-state index in [2.05, 4.69) is 5.32 Å². The molecule has 0 heterocycles. The zero-order valence-corrected chi connectivity index (χ0v) is 16.1. The van der Waals surface area contributed by atoms with E-state index in [-0.39, 0.29) is 29.6 Å². The van der Waals surface area contributed by atoms with E-state index in [1.54, 1.807) is 13.0 Å². The van der Waals surface area contributed by atoms with Crippen LogP contribution in [0.3, 0.4) is 0 Å². The maximum atomic E-state index is 12.8. The van der Waals surface area contributed by atoms with Gasteiger partial charge < -0.3 is 10.1 Å². The predicted molar refractivity (Wildman–Crippen MR) is 112 cm³/mol. The summed E-state index contributed by atoms with van der Waals surface area (Å²) >= 11 is 0. The number of amides is 1. The fraction of sp³-hybridized carbons (Fsp3) is 0.174. The topological polar surface area (TPSA) is 81.5 Å². The highest BCUT2D eigenvalue weighted by molar-refractivity contribution is 5.94. The molecule has 0 unspecified atom stereocenters. The summed E-state index contributed by atoms with van der Waals surface area (Å²) in [5.74, 6) is -0.0576. The highest BCUT2D eigenvalue weighted by Gasteiger charge is 2.21. The standard InChI is InChI=1S/C23H22N2O4/c1-2-29-19-13-14-21(22(15-19)25(27)28)24-23(26)16-20(17-9-5-3-6-10-17)18-11-7-4-8-12-18/h3-15,20H,2,16H2,1H3,(H,24,26). The minimum Gasteiger partial charge on any atom is -0.494 e. The third-order valence-electron chi connectivity index (χ3n) is 4.54. The van der Waals surface area contributed by atoms with Crippen LogP contribution in [-0.2, 0) is 4.79 Å². The molecule has 0 aliphatic carbocycles. The van der Waals surface area contributed by atoms with Crippen LogP contribution in [0.5, 0.6) is 5.75 Å². The number of nitrogens with zero attached hydrogens (tertiary/aromatic N) is 1. The molecule has 0 atom stereocenters. The molecular formula is C23H22N2O4. The zero-order chi connectivity index (χ0) is 20.6. The first-order chi connectivity index (χ1) is 14.1. The molecule has 0 saturated carbocycles. The van der Waals surface area contributed by atoms with Crippen molar-refractivity contribution in [1.82, 2.24) is 0 Å². The molecule has 0 saturated heterocycles. The lowest BCUT2D eigenvalue weighted by atomic mass is 9.88. The number of hydrogen-bond donors (Lipinski definition) is 1. The van der Waals surface area contributed by atoms with Crippen molar-refractivity contribution in [3.63, 3.8) is 0 Å². The molecule has 3 aromatic rings. The van der Waals surface area contributed by atoms with Crippen LogP contribution in [0.2, 0.25) is 0 Å². The van der Waals surface area contributed by atoms with E-state index in [1.165, 1.54) is 12.1 Å². The van der Waals surface area contributed by atoms with Crippen molar-refractivity contribution in [3.8, 4) is 5.75 Å². The average molecular weight is 390 g/mol. The molecule has 6 heteroatoms. The number of nitro benzene ring substituents is 1. The van der Waals surface area contributed by atoms with Crippen molar-refractivity contribution in [2.24, 2.45) is 0 Å². The molecule has 1 N–H and O–H groups in total. The fourth-order valence-electron chi connectivity index (χ4n) is 3.21. The van der Waals surface area contributed by atoms with E-state index in [0.717, 1.165) is 11.1 Å². The Kier molecular flexibility index (Phi) is 6.58. The molecule has 0 aliphatic heterocycles. The smallest absolute Gasteiger partial charge is 0.296 e. The Bertz CT molecular complexity index is 935. The lowest BCUT2D eigenvalue weighted by Gasteiger charge is -2.18. The number of ether oxygens (including phenoxy) is 1. The highest BCUT2D eigenvalue weighted by atomic mass is 16.6. The van der Waals surface area contributed by atoms with E-state index >= 15 is 0 Å². The number of rotatable bonds is 8. The van der Waals surface area contributed by atoms with E-state index in [4.69, 9.17) is 4.74 Å². The van der Waals surface area contributed by atoms with Gasteiger partial charge in [-0.05, 0) is 30.2 Å². The van der Waals surface area contributed by atoms with Crippen LogP contribution in [0, 0.1) is 10.1 Å². The first kappa shape index (κ1) is 20.1. The van der Waals surface area contributed by atoms with Crippen molar-refractivity contribution in [2.75, 3.05) is 11.9 Å². The van der Waals surface area contributed by atoms with Gasteiger partial charge in [0.25, 0.3) is 5.69 Å². The maximum absolute atomic E-state index is 12.8. The molecule has 0 radical (unpaired) electrons. The fourth-order valence-corrected chi connectivity index (χ4v) is 3.21. The van der Waals surface area contributed by atoms with Crippen molar-refractivity contribution in [3.05, 3.63) is 100 Å². The quantitative estimate of drug-likeness (QED) is 0.426. The Morgan fingerprint density at radius 2 is 1.59 bits per heavy atom. The summed E-state index contributed by atoms with van der Waals surface area (Å²) in [6, 6.07) is 23.9. The van der Waals surface area contributed by atoms with Crippen LogP contribution in [0.4, 0.5) is 11.4 Å². The third kappa shape index (κ3) is 5.19. The minimum atomic E-state index is -0.524. The molecule has 0 fully saturated rings. The Balaban J connectivity index is 1.83. The van der Waals surface area contributed by atoms with Gasteiger partial charge in [0.05, 0.1) is 17.6 Å². The third-order valence-corrected chi connectivity index (χ3v) is 4.54. The maximum Gasteiger partial charge on any atom is 0.296 e. The van der Waals surface area contributed by atoms with Gasteiger partial charge in [0.2, 0.25) is 5.91 Å². The Morgan fingerprint density at radius 1 is 1.00 bits per heavy atom. The summed E-state index contributed by atoms with van der Waals surface area (Å²) in [4.78, 5) is 23.7. The number of nitro groups is 1. The van der Waals surface area contributed by atoms with Gasteiger partial charge in [-0.3, -0.25) is 14.9 Å². The summed E-state index contributed by atoms with van der Waals surface area (Å²) in [7, 11) is 0. The number of benzene rings is 3. The van der Waals surface area contributed by atoms with E-state index in [0.29, 0.717) is 12.4 Å². The largest absolute Gasteiger partial charge is 0.494 e. The summed E-state index contributed by atoms with van der Waals surface area (Å²) < 4.78 is 5.32. The molecule has 0 spiro atoms. The van der Waals surface area contributed by atoms with Gasteiger partial charge in [-0.25, -0.2) is 0 Å². The molecule has 148 valence electrons. The monoisotopic (exact) mass is 390 g/mol. The van der Waals surface area contributed by atoms with Gasteiger partial charge in [-0.1, -0.05) is 60.7 Å². The van der Waals surface area contributed by atoms with E-state index < -0.39 is 4.92 Å². The molecule has 0 aliphatic rings. The molecule has 0 aromatic heterocycles. The van der Waals surface area contributed by atoms with E-state index in [9.17, 15) is 14.9 Å². The van der Waals surface area contributed by atoms with Crippen molar-refractivity contribution >= 4 is 17.3 Å². The van der Waals surface area contributed by atoms with Crippen molar-refractivity contribution < 1.29 is 14.5 Å². The van der Waals surface area contributed by atoms with Crippen molar-refractivity contribution in [2.45, 2.75) is 19.3 Å². The van der Waals surface area contributed by atoms with Crippen LogP contribution in [0.15, 0.2) is 78.9 Å². The summed E-state index contributed by atoms with van der Waals surface area (Å²) in [5, 5.41) is 14.1. The summed E-state index contributed by atoms with van der Waals surface area (Å²) in [6.07, 6.45) is 0.165. The Labute approximate surface area is 169 Å². The molecule has 3 aromatic carbocycles. The normalized spacial score (nSPS) is 10.6. The minimum absolute atomic E-state index is 0.154. The van der Waals surface area contributed by atoms with Crippen LogP contribution in [0.1, 0.15) is 30.4 Å². The first-order valence-electron chi connectivity index (χ1n) is 9.39. The molecular weight excluding hydrogens is 368 g/mol. The van der Waals surface area contributed by atoms with Gasteiger partial charge in [0.1, 0.15) is 11.4 Å². The van der Waals surface area contributed by atoms with Crippen LogP contribution < -0.4 is 10.1 Å². The Hall–Kier alpha value is -3.67. The van der Waals surface area contributed by atoms with E-state index in [1.807, 2.05) is 60.7 Å². The van der Waals surface area contributed by atoms with Crippen molar-refractivity contribution in [1.29, 1.82) is 0 Å². The first-order valence-corrected chi connectivity index (χ1v) is 9.39. The van der Waals surface area contributed by atoms with Gasteiger partial charge in [0.15, 0.2) is 0 Å². The molecule has 29 heavy (non-hydrogen) atoms. The predicted octanol–water partition coefficient (Wildman–Crippen LogP) is 5.15. The SMILES string of the molecule is CCOc1ccc(NC(=O)CC(c2ccccc2)c2ccccc2)c([N+](=O)[O-])c1. The summed E-state index contributed by atoms with van der Waals surface area (Å²) in [5.41, 5.74) is 1.98. The Morgan fingerprint density at radius 3 is 2.10 bits per heavy atom. The molecule has 6 nitrogen and oxygen atoms in total. The number of carbonyl (C=O) groups is 1. The van der Waals surface area contributed by atoms with Gasteiger partial charge in [-0.2, -0.15) is 0 Å². The zero-order valence-electron chi connectivity index (χ0n) is 16.1. The number of nitrogens with one attached hydrogen (secondary N) is 1. The number of hydrogen-bond acceptors (Lipinski definition) is 4. The van der Waals surface area contributed by atoms with Crippen LogP contribution in [-0.4, -0.2) is 17.4 Å². The highest BCUT2D eigenvalue weighted by Crippen LogP contribution is 2.31. The average Bonchev–Trinajstić information content (AvgIpc) is 2.74. The molecule has 0 bridgehead atoms. The number of carbonyl (C=O) groups excluding carboxylic acids is 1. The van der Waals surface area contributed by atoms with Crippen LogP contribution >= 0.6 is 0 Å². The van der Waals surface area contributed by atoms with Crippen LogP contribution in [0.25, 0.3) is 0 Å². The second kappa shape index (κ2) is 9.50. The lowest BCUT2D eigenvalue weighted by Crippen LogP contribution is -2.17. The molecule has 3 rings (SSSR count). The number of anilines is 1. The molecule has 1 amide bonds. The second-order valence-electron chi connectivity index (χ2n) is 6.50. The van der Waals surface area contributed by atoms with Gasteiger partial charge in [-0.15, -0.1) is 0 Å². The van der Waals surface area contributed by atoms with Gasteiger partial charge in [0, 0.05) is 12.3 Å².